The molecule has 4 nitrogen and oxygen atoms in total. The Morgan fingerprint density at radius 2 is 1.89 bits per heavy atom. The van der Waals surface area contributed by atoms with Crippen molar-refractivity contribution < 1.29 is 4.74 Å². The number of aromatic nitrogens is 2. The van der Waals surface area contributed by atoms with Crippen molar-refractivity contribution in [3.63, 3.8) is 0 Å². The highest BCUT2D eigenvalue weighted by Crippen LogP contribution is 2.13. The van der Waals surface area contributed by atoms with Gasteiger partial charge in [-0.1, -0.05) is 12.1 Å². The Bertz CT molecular complexity index is 483. The first kappa shape index (κ1) is 13.5. The number of nitrogens with zero attached hydrogens (tertiary/aromatic N) is 2. The summed E-state index contributed by atoms with van der Waals surface area (Å²) in [6.45, 7) is 5.60. The monoisotopic (exact) mass is 257 g/mol. The summed E-state index contributed by atoms with van der Waals surface area (Å²) in [4.78, 5) is 8.06. The van der Waals surface area contributed by atoms with Gasteiger partial charge in [0.15, 0.2) is 0 Å². The molecule has 0 unspecified atom stereocenters. The molecular weight excluding hydrogens is 238 g/mol. The lowest BCUT2D eigenvalue weighted by Crippen LogP contribution is -2.13. The molecule has 1 heterocycles. The second-order valence-corrected chi connectivity index (χ2v) is 4.61. The SMILES string of the molecule is CC(C)Oc1ccc(CNCc2ccncn2)cc1. The Kier molecular flexibility index (Phi) is 4.86. The lowest BCUT2D eigenvalue weighted by molar-refractivity contribution is 0.242. The van der Waals surface area contributed by atoms with Crippen LogP contribution in [0.1, 0.15) is 25.1 Å². The fourth-order valence-electron chi connectivity index (χ4n) is 1.72. The van der Waals surface area contributed by atoms with Crippen LogP contribution in [0.4, 0.5) is 0 Å². The highest BCUT2D eigenvalue weighted by Gasteiger charge is 1.98. The minimum absolute atomic E-state index is 0.210. The van der Waals surface area contributed by atoms with Crippen LogP contribution in [-0.4, -0.2) is 16.1 Å². The van der Waals surface area contributed by atoms with Gasteiger partial charge in [0.2, 0.25) is 0 Å². The summed E-state index contributed by atoms with van der Waals surface area (Å²) in [5.74, 6) is 0.912. The molecule has 0 saturated carbocycles. The van der Waals surface area contributed by atoms with Gasteiger partial charge in [0.1, 0.15) is 12.1 Å². The molecule has 0 aliphatic heterocycles. The molecule has 2 rings (SSSR count). The number of nitrogens with one attached hydrogen (secondary N) is 1. The van der Waals surface area contributed by atoms with Crippen LogP contribution >= 0.6 is 0 Å². The molecule has 1 aromatic carbocycles. The van der Waals surface area contributed by atoms with Crippen LogP contribution in [0, 0.1) is 0 Å². The minimum Gasteiger partial charge on any atom is -0.491 e. The number of hydrogen-bond donors (Lipinski definition) is 1. The van der Waals surface area contributed by atoms with Crippen molar-refractivity contribution in [2.45, 2.75) is 33.0 Å². The molecule has 19 heavy (non-hydrogen) atoms. The van der Waals surface area contributed by atoms with E-state index in [-0.39, 0.29) is 6.10 Å². The van der Waals surface area contributed by atoms with Crippen LogP contribution in [0.5, 0.6) is 5.75 Å². The van der Waals surface area contributed by atoms with Gasteiger partial charge < -0.3 is 10.1 Å². The second-order valence-electron chi connectivity index (χ2n) is 4.61. The zero-order valence-corrected chi connectivity index (χ0v) is 11.3. The van der Waals surface area contributed by atoms with Crippen molar-refractivity contribution in [3.05, 3.63) is 54.1 Å². The summed E-state index contributed by atoms with van der Waals surface area (Å²) >= 11 is 0. The zero-order chi connectivity index (χ0) is 13.5. The highest BCUT2D eigenvalue weighted by atomic mass is 16.5. The van der Waals surface area contributed by atoms with Crippen molar-refractivity contribution in [1.82, 2.24) is 15.3 Å². The first-order valence-corrected chi connectivity index (χ1v) is 6.45. The average Bonchev–Trinajstić information content (AvgIpc) is 2.41. The summed E-state index contributed by atoms with van der Waals surface area (Å²) in [5.41, 5.74) is 2.22. The van der Waals surface area contributed by atoms with Crippen LogP contribution in [0.15, 0.2) is 42.9 Å². The van der Waals surface area contributed by atoms with E-state index in [1.807, 2.05) is 32.0 Å². The molecule has 2 aromatic rings. The Hall–Kier alpha value is -1.94. The maximum atomic E-state index is 5.61. The van der Waals surface area contributed by atoms with Crippen molar-refractivity contribution in [2.75, 3.05) is 0 Å². The van der Waals surface area contributed by atoms with E-state index in [1.165, 1.54) is 5.56 Å². The summed E-state index contributed by atoms with van der Waals surface area (Å²) in [6.07, 6.45) is 3.53. The van der Waals surface area contributed by atoms with Crippen molar-refractivity contribution in [2.24, 2.45) is 0 Å². The van der Waals surface area contributed by atoms with Crippen LogP contribution in [0.25, 0.3) is 0 Å². The first-order valence-electron chi connectivity index (χ1n) is 6.45. The summed E-state index contributed by atoms with van der Waals surface area (Å²) in [7, 11) is 0. The predicted octanol–water partition coefficient (Wildman–Crippen LogP) is 2.55. The molecule has 0 atom stereocenters. The van der Waals surface area contributed by atoms with Gasteiger partial charge in [0.25, 0.3) is 0 Å². The predicted molar refractivity (Wildman–Crippen MR) is 74.8 cm³/mol. The van der Waals surface area contributed by atoms with Crippen molar-refractivity contribution >= 4 is 0 Å². The van der Waals surface area contributed by atoms with Crippen LogP contribution in [0.3, 0.4) is 0 Å². The smallest absolute Gasteiger partial charge is 0.119 e. The molecule has 1 N–H and O–H groups in total. The average molecular weight is 257 g/mol. The van der Waals surface area contributed by atoms with Crippen LogP contribution in [0.2, 0.25) is 0 Å². The molecule has 0 saturated heterocycles. The summed E-state index contributed by atoms with van der Waals surface area (Å²) in [6, 6.07) is 10.1. The van der Waals surface area contributed by atoms with Crippen LogP contribution < -0.4 is 10.1 Å². The van der Waals surface area contributed by atoms with Gasteiger partial charge in [-0.15, -0.1) is 0 Å². The number of ether oxygens (including phenoxy) is 1. The van der Waals surface area contributed by atoms with E-state index >= 15 is 0 Å². The van der Waals surface area contributed by atoms with E-state index in [9.17, 15) is 0 Å². The zero-order valence-electron chi connectivity index (χ0n) is 11.3. The maximum absolute atomic E-state index is 5.61. The number of benzene rings is 1. The standard InChI is InChI=1S/C15H19N3O/c1-12(2)19-15-5-3-13(4-6-15)9-17-10-14-7-8-16-11-18-14/h3-8,11-12,17H,9-10H2,1-2H3. The van der Waals surface area contributed by atoms with E-state index in [0.29, 0.717) is 0 Å². The Morgan fingerprint density at radius 3 is 2.53 bits per heavy atom. The molecule has 0 radical (unpaired) electrons. The fraction of sp³-hybridized carbons (Fsp3) is 0.333. The minimum atomic E-state index is 0.210. The molecule has 0 aliphatic rings. The van der Waals surface area contributed by atoms with Crippen molar-refractivity contribution in [3.8, 4) is 5.75 Å². The fourth-order valence-corrected chi connectivity index (χ4v) is 1.72. The molecule has 0 bridgehead atoms. The molecule has 4 heteroatoms. The third kappa shape index (κ3) is 4.67. The third-order valence-corrected chi connectivity index (χ3v) is 2.57. The van der Waals surface area contributed by atoms with Gasteiger partial charge >= 0.3 is 0 Å². The summed E-state index contributed by atoms with van der Waals surface area (Å²) in [5, 5.41) is 3.35. The van der Waals surface area contributed by atoms with E-state index < -0.39 is 0 Å². The molecule has 0 amide bonds. The quantitative estimate of drug-likeness (QED) is 0.864. The lowest BCUT2D eigenvalue weighted by atomic mass is 10.2. The topological polar surface area (TPSA) is 47.0 Å². The van der Waals surface area contributed by atoms with Gasteiger partial charge in [-0.2, -0.15) is 0 Å². The largest absolute Gasteiger partial charge is 0.491 e. The Labute approximate surface area is 113 Å². The van der Waals surface area contributed by atoms with E-state index in [2.05, 4.69) is 27.4 Å². The van der Waals surface area contributed by atoms with E-state index in [0.717, 1.165) is 24.5 Å². The number of rotatable bonds is 6. The number of hydrogen-bond acceptors (Lipinski definition) is 4. The van der Waals surface area contributed by atoms with Gasteiger partial charge in [-0.25, -0.2) is 9.97 Å². The highest BCUT2D eigenvalue weighted by molar-refractivity contribution is 5.27. The molecule has 0 spiro atoms. The van der Waals surface area contributed by atoms with Crippen molar-refractivity contribution in [1.29, 1.82) is 0 Å². The first-order chi connectivity index (χ1) is 9.24. The Morgan fingerprint density at radius 1 is 1.11 bits per heavy atom. The van der Waals surface area contributed by atoms with Gasteiger partial charge in [0.05, 0.1) is 11.8 Å². The van der Waals surface area contributed by atoms with Gasteiger partial charge in [0, 0.05) is 19.3 Å². The maximum Gasteiger partial charge on any atom is 0.119 e. The molecule has 0 aliphatic carbocycles. The molecular formula is C15H19N3O. The van der Waals surface area contributed by atoms with Gasteiger partial charge in [-0.05, 0) is 37.6 Å². The van der Waals surface area contributed by atoms with Gasteiger partial charge in [-0.3, -0.25) is 0 Å². The summed E-state index contributed by atoms with van der Waals surface area (Å²) < 4.78 is 5.61. The normalized spacial score (nSPS) is 10.7. The third-order valence-electron chi connectivity index (χ3n) is 2.57. The molecule has 100 valence electrons. The van der Waals surface area contributed by atoms with E-state index in [4.69, 9.17) is 4.74 Å². The van der Waals surface area contributed by atoms with E-state index in [1.54, 1.807) is 12.5 Å². The lowest BCUT2D eigenvalue weighted by Gasteiger charge is -2.10. The van der Waals surface area contributed by atoms with Crippen LogP contribution in [-0.2, 0) is 13.1 Å². The Balaban J connectivity index is 1.80. The second kappa shape index (κ2) is 6.85. The molecule has 1 aromatic heterocycles. The molecule has 0 fully saturated rings.